The Morgan fingerprint density at radius 3 is 2.43 bits per heavy atom. The van der Waals surface area contributed by atoms with E-state index in [0.29, 0.717) is 5.56 Å². The van der Waals surface area contributed by atoms with Gasteiger partial charge in [0.25, 0.3) is 5.56 Å². The summed E-state index contributed by atoms with van der Waals surface area (Å²) in [6.45, 7) is 0.0479. The second-order valence-corrected chi connectivity index (χ2v) is 5.89. The van der Waals surface area contributed by atoms with Gasteiger partial charge in [0, 0.05) is 6.42 Å². The molecule has 2 N–H and O–H groups in total. The number of ketones is 1. The molecule has 28 heavy (non-hydrogen) atoms. The fourth-order valence-electron chi connectivity index (χ4n) is 2.37. The van der Waals surface area contributed by atoms with Gasteiger partial charge in [-0.3, -0.25) is 14.9 Å². The lowest BCUT2D eigenvalue weighted by molar-refractivity contribution is 0.0982. The van der Waals surface area contributed by atoms with Gasteiger partial charge in [-0.25, -0.2) is 14.2 Å². The van der Waals surface area contributed by atoms with Crippen molar-refractivity contribution in [3.8, 4) is 0 Å². The van der Waals surface area contributed by atoms with E-state index in [9.17, 15) is 18.8 Å². The largest absolute Gasteiger partial charge is 0.444 e. The van der Waals surface area contributed by atoms with E-state index in [0.717, 1.165) is 11.8 Å². The first-order chi connectivity index (χ1) is 13.5. The van der Waals surface area contributed by atoms with Crippen LogP contribution in [0, 0.1) is 5.82 Å². The van der Waals surface area contributed by atoms with E-state index >= 15 is 0 Å². The molecule has 1 aromatic heterocycles. The zero-order valence-electron chi connectivity index (χ0n) is 14.6. The third-order valence-corrected chi connectivity index (χ3v) is 3.79. The molecule has 0 bridgehead atoms. The minimum Gasteiger partial charge on any atom is -0.444 e. The van der Waals surface area contributed by atoms with Crippen LogP contribution in [0.5, 0.6) is 0 Å². The molecule has 1 heterocycles. The molecule has 3 rings (SSSR count). The van der Waals surface area contributed by atoms with Crippen molar-refractivity contribution in [1.82, 2.24) is 9.97 Å². The maximum absolute atomic E-state index is 12.9. The van der Waals surface area contributed by atoms with Crippen LogP contribution in [0.25, 0.3) is 0 Å². The number of benzene rings is 2. The predicted molar refractivity (Wildman–Crippen MR) is 99.5 cm³/mol. The Kier molecular flexibility index (Phi) is 5.91. The summed E-state index contributed by atoms with van der Waals surface area (Å²) in [5.41, 5.74) is 0.553. The van der Waals surface area contributed by atoms with Gasteiger partial charge in [0.15, 0.2) is 5.82 Å². The summed E-state index contributed by atoms with van der Waals surface area (Å²) >= 11 is 0. The molecule has 8 heteroatoms. The number of carbonyl (C=O) groups is 2. The van der Waals surface area contributed by atoms with Crippen LogP contribution in [0.3, 0.4) is 0 Å². The van der Waals surface area contributed by atoms with Crippen molar-refractivity contribution in [3.63, 3.8) is 0 Å². The molecule has 1 amide bonds. The van der Waals surface area contributed by atoms with Gasteiger partial charge in [0.2, 0.25) is 5.78 Å². The molecular formula is C20H16FN3O4. The monoisotopic (exact) mass is 381 g/mol. The number of aromatic nitrogens is 2. The maximum atomic E-state index is 12.9. The predicted octanol–water partition coefficient (Wildman–Crippen LogP) is 3.08. The lowest BCUT2D eigenvalue weighted by atomic mass is 10.1. The quantitative estimate of drug-likeness (QED) is 0.639. The van der Waals surface area contributed by atoms with E-state index in [4.69, 9.17) is 4.74 Å². The van der Waals surface area contributed by atoms with Gasteiger partial charge in [0.1, 0.15) is 18.1 Å². The van der Waals surface area contributed by atoms with E-state index in [-0.39, 0.29) is 24.5 Å². The van der Waals surface area contributed by atoms with Gasteiger partial charge in [-0.2, -0.15) is 0 Å². The zero-order chi connectivity index (χ0) is 19.9. The summed E-state index contributed by atoms with van der Waals surface area (Å²) in [6.07, 6.45) is 0.219. The van der Waals surface area contributed by atoms with Crippen LogP contribution in [-0.4, -0.2) is 21.8 Å². The summed E-state index contributed by atoms with van der Waals surface area (Å²) in [6, 6.07) is 14.5. The molecule has 0 aliphatic rings. The second-order valence-electron chi connectivity index (χ2n) is 5.89. The first-order valence-corrected chi connectivity index (χ1v) is 8.36. The van der Waals surface area contributed by atoms with Gasteiger partial charge >= 0.3 is 6.09 Å². The Balaban J connectivity index is 1.60. The van der Waals surface area contributed by atoms with E-state index in [1.807, 2.05) is 18.2 Å². The van der Waals surface area contributed by atoms with Crippen LogP contribution in [-0.2, 0) is 17.8 Å². The molecular weight excluding hydrogens is 365 g/mol. The highest BCUT2D eigenvalue weighted by Gasteiger charge is 2.13. The molecule has 3 aromatic rings. The average molecular weight is 381 g/mol. The molecule has 2 aromatic carbocycles. The Morgan fingerprint density at radius 1 is 1.04 bits per heavy atom. The lowest BCUT2D eigenvalue weighted by Gasteiger charge is -2.07. The zero-order valence-corrected chi connectivity index (χ0v) is 14.6. The minimum atomic E-state index is -0.818. The second kappa shape index (κ2) is 8.72. The lowest BCUT2D eigenvalue weighted by Crippen LogP contribution is -2.23. The number of hydrogen-bond donors (Lipinski definition) is 2. The molecule has 0 saturated heterocycles. The molecule has 0 aliphatic heterocycles. The number of nitrogens with one attached hydrogen (secondary N) is 2. The van der Waals surface area contributed by atoms with Gasteiger partial charge in [-0.1, -0.05) is 42.5 Å². The first-order valence-electron chi connectivity index (χ1n) is 8.36. The molecule has 0 spiro atoms. The number of nitrogens with zero attached hydrogens (tertiary/aromatic N) is 1. The van der Waals surface area contributed by atoms with Crippen LogP contribution < -0.4 is 10.9 Å². The van der Waals surface area contributed by atoms with Crippen molar-refractivity contribution >= 4 is 17.6 Å². The standard InChI is InChI=1S/C20H16FN3O4/c21-15-8-6-13(7-9-15)10-17(25)18-22-11-16(19(26)24-18)23-20(27)28-12-14-4-2-1-3-5-14/h1-9,11H,10,12H2,(H,23,27)(H,22,24,26). The van der Waals surface area contributed by atoms with Crippen LogP contribution in [0.15, 0.2) is 65.6 Å². The third-order valence-electron chi connectivity index (χ3n) is 3.79. The number of ether oxygens (including phenoxy) is 1. The van der Waals surface area contributed by atoms with E-state index in [2.05, 4.69) is 15.3 Å². The number of rotatable bonds is 6. The van der Waals surface area contributed by atoms with Crippen LogP contribution in [0.1, 0.15) is 21.7 Å². The molecule has 0 unspecified atom stereocenters. The van der Waals surface area contributed by atoms with Crippen molar-refractivity contribution < 1.29 is 18.7 Å². The Bertz CT molecular complexity index is 1030. The third kappa shape index (κ3) is 5.10. The molecule has 7 nitrogen and oxygen atoms in total. The van der Waals surface area contributed by atoms with Crippen molar-refractivity contribution in [1.29, 1.82) is 0 Å². The van der Waals surface area contributed by atoms with Gasteiger partial charge in [-0.15, -0.1) is 0 Å². The van der Waals surface area contributed by atoms with Crippen LogP contribution >= 0.6 is 0 Å². The summed E-state index contributed by atoms with van der Waals surface area (Å²) in [5.74, 6) is -1.00. The maximum Gasteiger partial charge on any atom is 0.412 e. The number of H-pyrrole nitrogens is 1. The molecule has 0 radical (unpaired) electrons. The number of hydrogen-bond acceptors (Lipinski definition) is 5. The highest BCUT2D eigenvalue weighted by Crippen LogP contribution is 2.07. The van der Waals surface area contributed by atoms with E-state index < -0.39 is 23.3 Å². The van der Waals surface area contributed by atoms with Crippen molar-refractivity contribution in [3.05, 3.63) is 93.9 Å². The number of amides is 1. The van der Waals surface area contributed by atoms with Gasteiger partial charge < -0.3 is 9.72 Å². The smallest absolute Gasteiger partial charge is 0.412 e. The number of anilines is 1. The molecule has 0 fully saturated rings. The SMILES string of the molecule is O=C(Nc1cnc(C(=O)Cc2ccc(F)cc2)[nH]c1=O)OCc1ccccc1. The molecule has 142 valence electrons. The fourth-order valence-corrected chi connectivity index (χ4v) is 2.37. The van der Waals surface area contributed by atoms with Crippen LogP contribution in [0.4, 0.5) is 14.9 Å². The highest BCUT2D eigenvalue weighted by atomic mass is 19.1. The van der Waals surface area contributed by atoms with Crippen molar-refractivity contribution in [2.24, 2.45) is 0 Å². The summed E-state index contributed by atoms with van der Waals surface area (Å²) in [5, 5.41) is 2.28. The summed E-state index contributed by atoms with van der Waals surface area (Å²) < 4.78 is 17.9. The summed E-state index contributed by atoms with van der Waals surface area (Å²) in [7, 11) is 0. The normalized spacial score (nSPS) is 10.3. The Morgan fingerprint density at radius 2 is 1.75 bits per heavy atom. The first kappa shape index (κ1) is 19.0. The molecule has 0 atom stereocenters. The van der Waals surface area contributed by atoms with Gasteiger partial charge in [0.05, 0.1) is 6.20 Å². The Hall–Kier alpha value is -3.81. The minimum absolute atomic E-state index is 0.0465. The number of halogens is 1. The van der Waals surface area contributed by atoms with Crippen LogP contribution in [0.2, 0.25) is 0 Å². The fraction of sp³-hybridized carbons (Fsp3) is 0.100. The van der Waals surface area contributed by atoms with Crippen molar-refractivity contribution in [2.75, 3.05) is 5.32 Å². The van der Waals surface area contributed by atoms with Crippen molar-refractivity contribution in [2.45, 2.75) is 13.0 Å². The molecule has 0 saturated carbocycles. The Labute approximate surface area is 159 Å². The topological polar surface area (TPSA) is 101 Å². The summed E-state index contributed by atoms with van der Waals surface area (Å²) in [4.78, 5) is 42.3. The number of carbonyl (C=O) groups excluding carboxylic acids is 2. The average Bonchev–Trinajstić information content (AvgIpc) is 2.70. The number of aromatic amines is 1. The molecule has 0 aliphatic carbocycles. The van der Waals surface area contributed by atoms with Gasteiger partial charge in [-0.05, 0) is 23.3 Å². The highest BCUT2D eigenvalue weighted by molar-refractivity contribution is 5.94. The van der Waals surface area contributed by atoms with E-state index in [1.54, 1.807) is 12.1 Å². The number of Topliss-reactive ketones (excluding diaryl/α,β-unsaturated/α-hetero) is 1. The van der Waals surface area contributed by atoms with E-state index in [1.165, 1.54) is 24.3 Å².